The zero-order chi connectivity index (χ0) is 23.7. The van der Waals surface area contributed by atoms with E-state index < -0.39 is 0 Å². The lowest BCUT2D eigenvalue weighted by Gasteiger charge is -2.32. The molecule has 2 rings (SSSR count). The van der Waals surface area contributed by atoms with Crippen LogP contribution in [0.2, 0.25) is 0 Å². The maximum atomic E-state index is 11.2. The molecule has 1 aliphatic heterocycles. The SMILES string of the molecule is CC(=O)Oc1cc(C)c2c(c1)C=C[C@](C)(CC/C=C(\C)CC/C=C(\C)CCC=C(C)C)O2. The maximum absolute atomic E-state index is 11.2. The number of allylic oxidation sites excluding steroid dienone is 6. The van der Waals surface area contributed by atoms with Gasteiger partial charge < -0.3 is 9.47 Å². The van der Waals surface area contributed by atoms with Crippen LogP contribution in [0.4, 0.5) is 0 Å². The molecule has 0 fully saturated rings. The molecule has 0 unspecified atom stereocenters. The molecular formula is C29H40O3. The van der Waals surface area contributed by atoms with Gasteiger partial charge in [-0.3, -0.25) is 4.79 Å². The number of rotatable bonds is 10. The van der Waals surface area contributed by atoms with Gasteiger partial charge in [0, 0.05) is 12.5 Å². The molecule has 0 saturated carbocycles. The molecule has 32 heavy (non-hydrogen) atoms. The highest BCUT2D eigenvalue weighted by atomic mass is 16.5. The number of hydrogen-bond acceptors (Lipinski definition) is 3. The summed E-state index contributed by atoms with van der Waals surface area (Å²) in [5.74, 6) is 1.12. The van der Waals surface area contributed by atoms with Crippen molar-refractivity contribution >= 4 is 12.0 Å². The molecule has 1 aromatic carbocycles. The molecule has 0 spiro atoms. The minimum atomic E-state index is -0.334. The molecule has 0 saturated heterocycles. The minimum absolute atomic E-state index is 0.313. The summed E-state index contributed by atoms with van der Waals surface area (Å²) in [4.78, 5) is 11.2. The lowest BCUT2D eigenvalue weighted by molar-refractivity contribution is -0.131. The first-order chi connectivity index (χ1) is 15.1. The molecule has 174 valence electrons. The third-order valence-corrected chi connectivity index (χ3v) is 5.75. The number of aryl methyl sites for hydroxylation is 1. The summed E-state index contributed by atoms with van der Waals surface area (Å²) in [6.07, 6.45) is 17.6. The molecule has 0 aliphatic carbocycles. The summed E-state index contributed by atoms with van der Waals surface area (Å²) in [7, 11) is 0. The topological polar surface area (TPSA) is 35.5 Å². The Labute approximate surface area is 194 Å². The van der Waals surface area contributed by atoms with Crippen LogP contribution in [0.1, 0.15) is 91.2 Å². The van der Waals surface area contributed by atoms with Gasteiger partial charge in [0.1, 0.15) is 17.1 Å². The lowest BCUT2D eigenvalue weighted by Crippen LogP contribution is -2.32. The summed E-state index contributed by atoms with van der Waals surface area (Å²) in [6, 6.07) is 3.72. The Morgan fingerprint density at radius 1 is 0.969 bits per heavy atom. The Morgan fingerprint density at radius 3 is 2.22 bits per heavy atom. The fraction of sp³-hybridized carbons (Fsp3) is 0.483. The highest BCUT2D eigenvalue weighted by Gasteiger charge is 2.28. The first kappa shape index (κ1) is 25.7. The fourth-order valence-corrected chi connectivity index (χ4v) is 3.87. The molecule has 3 heteroatoms. The zero-order valence-corrected chi connectivity index (χ0v) is 21.0. The Hall–Kier alpha value is -2.55. The molecule has 1 aromatic rings. The molecule has 0 radical (unpaired) electrons. The molecule has 3 nitrogen and oxygen atoms in total. The summed E-state index contributed by atoms with van der Waals surface area (Å²) in [5, 5.41) is 0. The van der Waals surface area contributed by atoms with E-state index >= 15 is 0 Å². The molecule has 0 N–H and O–H groups in total. The van der Waals surface area contributed by atoms with Crippen LogP contribution < -0.4 is 9.47 Å². The second-order valence-electron chi connectivity index (χ2n) is 9.50. The van der Waals surface area contributed by atoms with Gasteiger partial charge in [-0.25, -0.2) is 0 Å². The van der Waals surface area contributed by atoms with Crippen molar-refractivity contribution in [1.82, 2.24) is 0 Å². The van der Waals surface area contributed by atoms with Crippen molar-refractivity contribution in [2.24, 2.45) is 0 Å². The van der Waals surface area contributed by atoms with Gasteiger partial charge in [-0.05, 0) is 104 Å². The van der Waals surface area contributed by atoms with Crippen molar-refractivity contribution in [3.8, 4) is 11.5 Å². The molecule has 1 heterocycles. The third-order valence-electron chi connectivity index (χ3n) is 5.75. The van der Waals surface area contributed by atoms with Crippen LogP contribution in [-0.2, 0) is 4.79 Å². The van der Waals surface area contributed by atoms with Crippen molar-refractivity contribution in [3.63, 3.8) is 0 Å². The normalized spacial score (nSPS) is 18.1. The van der Waals surface area contributed by atoms with Crippen LogP contribution in [-0.4, -0.2) is 11.6 Å². The second kappa shape index (κ2) is 11.9. The summed E-state index contributed by atoms with van der Waals surface area (Å²) < 4.78 is 11.6. The Morgan fingerprint density at radius 2 is 1.59 bits per heavy atom. The first-order valence-corrected chi connectivity index (χ1v) is 11.7. The molecule has 0 aromatic heterocycles. The van der Waals surface area contributed by atoms with Crippen LogP contribution >= 0.6 is 0 Å². The summed E-state index contributed by atoms with van der Waals surface area (Å²) >= 11 is 0. The van der Waals surface area contributed by atoms with E-state index in [0.717, 1.165) is 55.4 Å². The van der Waals surface area contributed by atoms with Gasteiger partial charge in [-0.15, -0.1) is 0 Å². The van der Waals surface area contributed by atoms with Crippen LogP contribution in [0.5, 0.6) is 11.5 Å². The predicted octanol–water partition coefficient (Wildman–Crippen LogP) is 8.28. The summed E-state index contributed by atoms with van der Waals surface area (Å²) in [5.41, 5.74) is 5.91. The number of ether oxygens (including phenoxy) is 2. The quantitative estimate of drug-likeness (QED) is 0.210. The van der Waals surface area contributed by atoms with E-state index in [1.807, 2.05) is 19.1 Å². The average Bonchev–Trinajstić information content (AvgIpc) is 2.68. The smallest absolute Gasteiger partial charge is 0.308 e. The lowest BCUT2D eigenvalue weighted by atomic mass is 9.93. The fourth-order valence-electron chi connectivity index (χ4n) is 3.87. The van der Waals surface area contributed by atoms with Crippen molar-refractivity contribution in [1.29, 1.82) is 0 Å². The maximum Gasteiger partial charge on any atom is 0.308 e. The summed E-state index contributed by atoms with van der Waals surface area (Å²) in [6.45, 7) is 14.3. The number of fused-ring (bicyclic) bond motifs is 1. The number of carbonyl (C=O) groups excluding carboxylic acids is 1. The van der Waals surface area contributed by atoms with E-state index in [-0.39, 0.29) is 11.6 Å². The van der Waals surface area contributed by atoms with Crippen molar-refractivity contribution in [2.75, 3.05) is 0 Å². The van der Waals surface area contributed by atoms with Gasteiger partial charge in [-0.2, -0.15) is 0 Å². The zero-order valence-electron chi connectivity index (χ0n) is 21.0. The monoisotopic (exact) mass is 436 g/mol. The standard InChI is InChI=1S/C29H40O3/c1-21(2)11-8-12-22(3)13-9-14-23(4)15-10-17-29(7)18-16-26-20-27(31-25(6)30)19-24(5)28(26)32-29/h11,13,15-16,18-20H,8-10,12,14,17H2,1-7H3/b22-13+,23-15+/t29-/m0/s1. The molecule has 0 bridgehead atoms. The van der Waals surface area contributed by atoms with Gasteiger partial charge in [0.15, 0.2) is 0 Å². The first-order valence-electron chi connectivity index (χ1n) is 11.7. The van der Waals surface area contributed by atoms with Gasteiger partial charge in [0.05, 0.1) is 0 Å². The van der Waals surface area contributed by atoms with E-state index in [0.29, 0.717) is 5.75 Å². The van der Waals surface area contributed by atoms with Crippen molar-refractivity contribution in [3.05, 3.63) is 64.3 Å². The van der Waals surface area contributed by atoms with Gasteiger partial charge in [0.2, 0.25) is 0 Å². The van der Waals surface area contributed by atoms with Crippen LogP contribution in [0.25, 0.3) is 6.08 Å². The van der Waals surface area contributed by atoms with Gasteiger partial charge in [-0.1, -0.05) is 41.0 Å². The van der Waals surface area contributed by atoms with Crippen molar-refractivity contribution in [2.45, 2.75) is 92.6 Å². The van der Waals surface area contributed by atoms with E-state index in [1.54, 1.807) is 0 Å². The number of hydrogen-bond donors (Lipinski definition) is 0. The van der Waals surface area contributed by atoms with Crippen LogP contribution in [0.3, 0.4) is 0 Å². The molecular weight excluding hydrogens is 396 g/mol. The van der Waals surface area contributed by atoms with E-state index in [2.05, 4.69) is 65.0 Å². The Bertz CT molecular complexity index is 926. The van der Waals surface area contributed by atoms with E-state index in [1.165, 1.54) is 23.6 Å². The molecule has 1 atom stereocenters. The van der Waals surface area contributed by atoms with Gasteiger partial charge in [0.25, 0.3) is 0 Å². The van der Waals surface area contributed by atoms with E-state index in [4.69, 9.17) is 9.47 Å². The second-order valence-corrected chi connectivity index (χ2v) is 9.50. The number of carbonyl (C=O) groups is 1. The third kappa shape index (κ3) is 8.53. The highest BCUT2D eigenvalue weighted by molar-refractivity contribution is 5.71. The largest absolute Gasteiger partial charge is 0.483 e. The predicted molar refractivity (Wildman–Crippen MR) is 135 cm³/mol. The average molecular weight is 437 g/mol. The Kier molecular flexibility index (Phi) is 9.56. The van der Waals surface area contributed by atoms with E-state index in [9.17, 15) is 4.79 Å². The molecule has 0 amide bonds. The number of benzene rings is 1. The molecule has 1 aliphatic rings. The van der Waals surface area contributed by atoms with Crippen molar-refractivity contribution < 1.29 is 14.3 Å². The van der Waals surface area contributed by atoms with Crippen LogP contribution in [0, 0.1) is 6.92 Å². The minimum Gasteiger partial charge on any atom is -0.483 e. The number of esters is 1. The van der Waals surface area contributed by atoms with Gasteiger partial charge >= 0.3 is 5.97 Å². The highest BCUT2D eigenvalue weighted by Crippen LogP contribution is 2.38. The Balaban J connectivity index is 1.86. The van der Waals surface area contributed by atoms with Crippen LogP contribution in [0.15, 0.2) is 53.2 Å².